The number of carbonyl (C=O) groups excluding carboxylic acids is 1. The molecule has 4 aliphatic rings. The zero-order chi connectivity index (χ0) is 12.5. The lowest BCUT2D eigenvalue weighted by Crippen LogP contribution is -2.44. The van der Waals surface area contributed by atoms with Crippen molar-refractivity contribution in [3.63, 3.8) is 0 Å². The topological polar surface area (TPSA) is 54.0 Å². The quantitative estimate of drug-likeness (QED) is 0.637. The van der Waals surface area contributed by atoms with Crippen LogP contribution in [0.2, 0.25) is 0 Å². The van der Waals surface area contributed by atoms with E-state index in [2.05, 4.69) is 0 Å². The zero-order valence-electron chi connectivity index (χ0n) is 10.4. The summed E-state index contributed by atoms with van der Waals surface area (Å²) in [7, 11) is 0. The Balaban J connectivity index is 1.60. The molecule has 3 fully saturated rings. The highest BCUT2D eigenvalue weighted by Gasteiger charge is 2.59. The molecule has 0 aromatic carbocycles. The van der Waals surface area contributed by atoms with Crippen LogP contribution in [0.5, 0.6) is 0 Å². The first-order valence-electron chi connectivity index (χ1n) is 6.39. The minimum atomic E-state index is -0.620. The Morgan fingerprint density at radius 1 is 1.22 bits per heavy atom. The van der Waals surface area contributed by atoms with Crippen molar-refractivity contribution in [3.8, 4) is 0 Å². The molecule has 0 bridgehead atoms. The smallest absolute Gasteiger partial charge is 0.190 e. The average Bonchev–Trinajstić information content (AvgIpc) is 2.86. The Morgan fingerprint density at radius 3 is 2.89 bits per heavy atom. The molecule has 0 spiro atoms. The molecule has 0 saturated carbocycles. The number of ether oxygens (including phenoxy) is 4. The molecule has 1 aliphatic carbocycles. The van der Waals surface area contributed by atoms with Gasteiger partial charge in [-0.15, -0.1) is 0 Å². The van der Waals surface area contributed by atoms with Crippen LogP contribution < -0.4 is 0 Å². The highest BCUT2D eigenvalue weighted by Crippen LogP contribution is 2.46. The minimum Gasteiger partial charge on any atom is -0.368 e. The standard InChI is InChI=1S/C13H16O5/c1-13(2)17-11-10-9(16-12(11)18-13)8-4-7(14)3-6(8)5-15-10/h3,8-12H,4-5H2,1-2H3/t8-,9-,10+,11-,12-/m1/s1. The van der Waals surface area contributed by atoms with E-state index in [4.69, 9.17) is 18.9 Å². The predicted octanol–water partition coefficient (Wildman–Crippen LogP) is 0.777. The molecule has 0 N–H and O–H groups in total. The normalized spacial score (nSPS) is 48.7. The second-order valence-corrected chi connectivity index (χ2v) is 5.84. The van der Waals surface area contributed by atoms with Gasteiger partial charge in [0.25, 0.3) is 0 Å². The maximum absolute atomic E-state index is 11.5. The molecule has 98 valence electrons. The van der Waals surface area contributed by atoms with E-state index in [0.717, 1.165) is 5.57 Å². The SMILES string of the molecule is CC1(C)O[C@H]2O[C@H]3[C@H](OCC4=CC(=O)C[C@H]43)[C@H]2O1. The summed E-state index contributed by atoms with van der Waals surface area (Å²) in [5, 5.41) is 0. The monoisotopic (exact) mass is 252 g/mol. The van der Waals surface area contributed by atoms with Crippen molar-refractivity contribution in [2.45, 2.75) is 50.7 Å². The van der Waals surface area contributed by atoms with Gasteiger partial charge in [0.2, 0.25) is 0 Å². The van der Waals surface area contributed by atoms with Crippen LogP contribution in [0.1, 0.15) is 20.3 Å². The summed E-state index contributed by atoms with van der Waals surface area (Å²) in [5.74, 6) is -0.301. The number of ketones is 1. The van der Waals surface area contributed by atoms with Crippen LogP contribution >= 0.6 is 0 Å². The molecule has 3 heterocycles. The Hall–Kier alpha value is -0.750. The number of carbonyl (C=O) groups is 1. The molecule has 3 aliphatic heterocycles. The Morgan fingerprint density at radius 2 is 2.06 bits per heavy atom. The van der Waals surface area contributed by atoms with Crippen molar-refractivity contribution < 1.29 is 23.7 Å². The highest BCUT2D eigenvalue weighted by molar-refractivity contribution is 5.93. The number of allylic oxidation sites excluding steroid dienone is 1. The van der Waals surface area contributed by atoms with Crippen molar-refractivity contribution in [2.75, 3.05) is 6.61 Å². The largest absolute Gasteiger partial charge is 0.368 e. The molecule has 5 nitrogen and oxygen atoms in total. The summed E-state index contributed by atoms with van der Waals surface area (Å²) < 4.78 is 23.3. The Bertz CT molecular complexity index is 441. The van der Waals surface area contributed by atoms with Crippen LogP contribution in [0.15, 0.2) is 11.6 Å². The maximum atomic E-state index is 11.5. The van der Waals surface area contributed by atoms with E-state index in [9.17, 15) is 4.79 Å². The van der Waals surface area contributed by atoms with E-state index in [1.54, 1.807) is 6.08 Å². The van der Waals surface area contributed by atoms with E-state index in [1.165, 1.54) is 0 Å². The fourth-order valence-electron chi connectivity index (χ4n) is 3.41. The lowest BCUT2D eigenvalue weighted by molar-refractivity contribution is -0.227. The molecule has 5 atom stereocenters. The summed E-state index contributed by atoms with van der Waals surface area (Å²) in [4.78, 5) is 11.5. The van der Waals surface area contributed by atoms with Crippen LogP contribution in [0.3, 0.4) is 0 Å². The first-order chi connectivity index (χ1) is 8.53. The number of hydrogen-bond acceptors (Lipinski definition) is 5. The molecular formula is C13H16O5. The van der Waals surface area contributed by atoms with Gasteiger partial charge in [0.15, 0.2) is 17.9 Å². The van der Waals surface area contributed by atoms with Gasteiger partial charge in [-0.1, -0.05) is 0 Å². The van der Waals surface area contributed by atoms with Crippen LogP contribution in [0.4, 0.5) is 0 Å². The lowest BCUT2D eigenvalue weighted by Gasteiger charge is -2.34. The second-order valence-electron chi connectivity index (χ2n) is 5.84. The van der Waals surface area contributed by atoms with E-state index in [0.29, 0.717) is 13.0 Å². The van der Waals surface area contributed by atoms with E-state index < -0.39 is 5.79 Å². The number of rotatable bonds is 0. The molecule has 0 radical (unpaired) electrons. The van der Waals surface area contributed by atoms with Gasteiger partial charge in [-0.25, -0.2) is 0 Å². The fourth-order valence-corrected chi connectivity index (χ4v) is 3.41. The first kappa shape index (κ1) is 11.1. The summed E-state index contributed by atoms with van der Waals surface area (Å²) >= 11 is 0. The molecule has 18 heavy (non-hydrogen) atoms. The fraction of sp³-hybridized carbons (Fsp3) is 0.769. The molecule has 4 rings (SSSR count). The second kappa shape index (κ2) is 3.42. The van der Waals surface area contributed by atoms with Gasteiger partial charge in [0, 0.05) is 12.3 Å². The average molecular weight is 252 g/mol. The summed E-state index contributed by atoms with van der Waals surface area (Å²) in [6.07, 6.45) is 1.45. The third-order valence-electron chi connectivity index (χ3n) is 4.11. The van der Waals surface area contributed by atoms with Crippen LogP contribution in [0, 0.1) is 5.92 Å². The summed E-state index contributed by atoms with van der Waals surface area (Å²) in [5.41, 5.74) is 1.06. The van der Waals surface area contributed by atoms with Crippen molar-refractivity contribution in [3.05, 3.63) is 11.6 Å². The van der Waals surface area contributed by atoms with Crippen LogP contribution in [0.25, 0.3) is 0 Å². The van der Waals surface area contributed by atoms with E-state index in [1.807, 2.05) is 13.8 Å². The van der Waals surface area contributed by atoms with Gasteiger partial charge in [-0.2, -0.15) is 0 Å². The molecule has 3 saturated heterocycles. The minimum absolute atomic E-state index is 0.109. The van der Waals surface area contributed by atoms with Crippen molar-refractivity contribution in [1.29, 1.82) is 0 Å². The number of fused-ring (bicyclic) bond motifs is 5. The molecular weight excluding hydrogens is 236 g/mol. The first-order valence-corrected chi connectivity index (χ1v) is 6.39. The zero-order valence-corrected chi connectivity index (χ0v) is 10.4. The Kier molecular flexibility index (Phi) is 2.11. The maximum Gasteiger partial charge on any atom is 0.190 e. The van der Waals surface area contributed by atoms with Crippen molar-refractivity contribution in [1.82, 2.24) is 0 Å². The van der Waals surface area contributed by atoms with E-state index in [-0.39, 0.29) is 36.3 Å². The van der Waals surface area contributed by atoms with E-state index >= 15 is 0 Å². The lowest BCUT2D eigenvalue weighted by atomic mass is 9.88. The molecule has 0 unspecified atom stereocenters. The highest BCUT2D eigenvalue weighted by atomic mass is 16.8. The Labute approximate surface area is 105 Å². The van der Waals surface area contributed by atoms with Gasteiger partial charge in [0.1, 0.15) is 12.2 Å². The van der Waals surface area contributed by atoms with Crippen molar-refractivity contribution >= 4 is 5.78 Å². The van der Waals surface area contributed by atoms with Gasteiger partial charge in [-0.3, -0.25) is 4.79 Å². The van der Waals surface area contributed by atoms with Gasteiger partial charge < -0.3 is 18.9 Å². The molecule has 0 aromatic rings. The third kappa shape index (κ3) is 1.45. The van der Waals surface area contributed by atoms with Gasteiger partial charge >= 0.3 is 0 Å². The van der Waals surface area contributed by atoms with Crippen LogP contribution in [-0.4, -0.2) is 42.8 Å². The van der Waals surface area contributed by atoms with Gasteiger partial charge in [0.05, 0.1) is 12.7 Å². The predicted molar refractivity (Wildman–Crippen MR) is 59.6 cm³/mol. The van der Waals surface area contributed by atoms with Crippen molar-refractivity contribution in [2.24, 2.45) is 5.92 Å². The third-order valence-corrected chi connectivity index (χ3v) is 4.11. The molecule has 0 aromatic heterocycles. The van der Waals surface area contributed by atoms with Crippen LogP contribution in [-0.2, 0) is 23.7 Å². The molecule has 5 heteroatoms. The summed E-state index contributed by atoms with van der Waals surface area (Å²) in [6, 6.07) is 0. The number of hydrogen-bond donors (Lipinski definition) is 0. The van der Waals surface area contributed by atoms with Gasteiger partial charge in [-0.05, 0) is 25.5 Å². The summed E-state index contributed by atoms with van der Waals surface area (Å²) in [6.45, 7) is 4.25. The molecule has 0 amide bonds.